The van der Waals surface area contributed by atoms with Crippen molar-refractivity contribution < 1.29 is 0 Å². The summed E-state index contributed by atoms with van der Waals surface area (Å²) in [5.41, 5.74) is 4.02. The Balaban J connectivity index is 1.55. The average molecular weight is 307 g/mol. The molecule has 0 amide bonds. The maximum atomic E-state index is 11.3. The Labute approximate surface area is 130 Å². The van der Waals surface area contributed by atoms with E-state index in [9.17, 15) is 4.79 Å². The van der Waals surface area contributed by atoms with Crippen molar-refractivity contribution in [3.63, 3.8) is 0 Å². The molecule has 0 aliphatic rings. The number of H-pyrrole nitrogens is 3. The van der Waals surface area contributed by atoms with Gasteiger partial charge in [0.15, 0.2) is 0 Å². The quantitative estimate of drug-likeness (QED) is 0.457. The average Bonchev–Trinajstić information content (AvgIpc) is 3.21. The van der Waals surface area contributed by atoms with E-state index in [1.165, 1.54) is 0 Å². The summed E-state index contributed by atoms with van der Waals surface area (Å²) in [5, 5.41) is 9.91. The third-order valence-electron chi connectivity index (χ3n) is 3.49. The Morgan fingerprint density at radius 3 is 2.61 bits per heavy atom. The normalized spacial score (nSPS) is 11.0. The van der Waals surface area contributed by atoms with Gasteiger partial charge in [-0.2, -0.15) is 5.10 Å². The second-order valence-electron chi connectivity index (χ2n) is 5.05. The molecule has 0 fully saturated rings. The van der Waals surface area contributed by atoms with Gasteiger partial charge >= 0.3 is 5.69 Å². The number of nitrogens with zero attached hydrogens (tertiary/aromatic N) is 3. The highest BCUT2D eigenvalue weighted by atomic mass is 16.1. The first-order valence-electron chi connectivity index (χ1n) is 7.05. The minimum absolute atomic E-state index is 0.216. The van der Waals surface area contributed by atoms with Crippen LogP contribution in [0.15, 0.2) is 47.7 Å². The molecule has 4 N–H and O–H groups in total. The Bertz CT molecular complexity index is 983. The van der Waals surface area contributed by atoms with E-state index < -0.39 is 0 Å². The van der Waals surface area contributed by atoms with E-state index in [0.29, 0.717) is 12.5 Å². The van der Waals surface area contributed by atoms with Crippen molar-refractivity contribution in [3.8, 4) is 11.1 Å². The number of anilines is 1. The molecule has 3 heterocycles. The number of hydrogen-bond acceptors (Lipinski definition) is 5. The SMILES string of the molecule is O=c1[nH]c2ccc(-c3cnc(NCc4cc[nH]n4)nc3)cc2[nH]1. The zero-order valence-corrected chi connectivity index (χ0v) is 12.0. The predicted molar refractivity (Wildman–Crippen MR) is 85.9 cm³/mol. The Morgan fingerprint density at radius 1 is 1.00 bits per heavy atom. The fourth-order valence-corrected chi connectivity index (χ4v) is 2.34. The van der Waals surface area contributed by atoms with Gasteiger partial charge in [0.05, 0.1) is 23.3 Å². The zero-order chi connectivity index (χ0) is 15.6. The van der Waals surface area contributed by atoms with Gasteiger partial charge in [0.25, 0.3) is 0 Å². The van der Waals surface area contributed by atoms with Crippen LogP contribution in [0.5, 0.6) is 0 Å². The first-order chi connectivity index (χ1) is 11.3. The number of hydrogen-bond donors (Lipinski definition) is 4. The second-order valence-corrected chi connectivity index (χ2v) is 5.05. The number of aromatic amines is 3. The van der Waals surface area contributed by atoms with E-state index in [-0.39, 0.29) is 5.69 Å². The molecular formula is C15H13N7O. The van der Waals surface area contributed by atoms with Gasteiger partial charge in [-0.1, -0.05) is 6.07 Å². The van der Waals surface area contributed by atoms with Crippen molar-refractivity contribution in [2.45, 2.75) is 6.54 Å². The van der Waals surface area contributed by atoms with Crippen LogP contribution in [0.4, 0.5) is 5.95 Å². The monoisotopic (exact) mass is 307 g/mol. The van der Waals surface area contributed by atoms with Crippen LogP contribution in [0, 0.1) is 0 Å². The van der Waals surface area contributed by atoms with Crippen molar-refractivity contribution in [1.29, 1.82) is 0 Å². The number of benzene rings is 1. The molecule has 4 aromatic rings. The van der Waals surface area contributed by atoms with Crippen LogP contribution in [0.2, 0.25) is 0 Å². The standard InChI is InChI=1S/C15H13N7O/c23-15-20-12-2-1-9(5-13(12)21-15)10-6-16-14(17-7-10)18-8-11-3-4-19-22-11/h1-7H,8H2,(H,19,22)(H,16,17,18)(H2,20,21,23). The number of imidazole rings is 1. The summed E-state index contributed by atoms with van der Waals surface area (Å²) in [5.74, 6) is 0.535. The third kappa shape index (κ3) is 2.69. The molecule has 0 spiro atoms. The molecule has 3 aromatic heterocycles. The Hall–Kier alpha value is -3.42. The maximum absolute atomic E-state index is 11.3. The molecule has 23 heavy (non-hydrogen) atoms. The minimum Gasteiger partial charge on any atom is -0.348 e. The van der Waals surface area contributed by atoms with E-state index in [2.05, 4.69) is 35.5 Å². The summed E-state index contributed by atoms with van der Waals surface area (Å²) >= 11 is 0. The maximum Gasteiger partial charge on any atom is 0.323 e. The summed E-state index contributed by atoms with van der Waals surface area (Å²) in [6.45, 7) is 0.555. The van der Waals surface area contributed by atoms with Crippen molar-refractivity contribution in [3.05, 3.63) is 59.0 Å². The Kier molecular flexibility index (Phi) is 3.12. The van der Waals surface area contributed by atoms with Gasteiger partial charge < -0.3 is 15.3 Å². The molecule has 0 aliphatic carbocycles. The first kappa shape index (κ1) is 13.3. The number of aromatic nitrogens is 6. The lowest BCUT2D eigenvalue weighted by Gasteiger charge is -2.04. The lowest BCUT2D eigenvalue weighted by atomic mass is 10.1. The fraction of sp³-hybridized carbons (Fsp3) is 0.0667. The smallest absolute Gasteiger partial charge is 0.323 e. The summed E-state index contributed by atoms with van der Waals surface area (Å²) in [7, 11) is 0. The molecule has 0 atom stereocenters. The van der Waals surface area contributed by atoms with Crippen LogP contribution >= 0.6 is 0 Å². The fourth-order valence-electron chi connectivity index (χ4n) is 2.34. The van der Waals surface area contributed by atoms with Crippen LogP contribution in [-0.2, 0) is 6.54 Å². The van der Waals surface area contributed by atoms with E-state index in [4.69, 9.17) is 0 Å². The third-order valence-corrected chi connectivity index (χ3v) is 3.49. The topological polar surface area (TPSA) is 115 Å². The molecule has 0 bridgehead atoms. The largest absolute Gasteiger partial charge is 0.348 e. The summed E-state index contributed by atoms with van der Waals surface area (Å²) in [6.07, 6.45) is 5.25. The highest BCUT2D eigenvalue weighted by Gasteiger charge is 2.04. The van der Waals surface area contributed by atoms with E-state index in [1.54, 1.807) is 18.6 Å². The first-order valence-corrected chi connectivity index (χ1v) is 7.05. The van der Waals surface area contributed by atoms with Crippen molar-refractivity contribution >= 4 is 17.0 Å². The summed E-state index contributed by atoms with van der Waals surface area (Å²) < 4.78 is 0. The summed E-state index contributed by atoms with van der Waals surface area (Å²) in [4.78, 5) is 25.4. The molecule has 114 valence electrons. The van der Waals surface area contributed by atoms with Crippen molar-refractivity contribution in [1.82, 2.24) is 30.1 Å². The molecule has 0 aliphatic heterocycles. The van der Waals surface area contributed by atoms with Gasteiger partial charge in [-0.25, -0.2) is 14.8 Å². The highest BCUT2D eigenvalue weighted by Crippen LogP contribution is 2.21. The number of rotatable bonds is 4. The van der Waals surface area contributed by atoms with Gasteiger partial charge in [0, 0.05) is 24.2 Å². The van der Waals surface area contributed by atoms with Gasteiger partial charge in [-0.15, -0.1) is 0 Å². The van der Waals surface area contributed by atoms with E-state index in [0.717, 1.165) is 27.9 Å². The molecule has 8 heteroatoms. The summed E-state index contributed by atoms with van der Waals surface area (Å²) in [6, 6.07) is 7.55. The molecule has 0 radical (unpaired) electrons. The lowest BCUT2D eigenvalue weighted by Crippen LogP contribution is -2.03. The van der Waals surface area contributed by atoms with Crippen LogP contribution in [-0.4, -0.2) is 30.1 Å². The molecule has 4 rings (SSSR count). The van der Waals surface area contributed by atoms with Gasteiger partial charge in [0.2, 0.25) is 5.95 Å². The van der Waals surface area contributed by atoms with Crippen LogP contribution in [0.25, 0.3) is 22.2 Å². The van der Waals surface area contributed by atoms with Crippen LogP contribution in [0.1, 0.15) is 5.69 Å². The van der Waals surface area contributed by atoms with Crippen LogP contribution < -0.4 is 11.0 Å². The van der Waals surface area contributed by atoms with Gasteiger partial charge in [-0.3, -0.25) is 5.10 Å². The van der Waals surface area contributed by atoms with Crippen LogP contribution in [0.3, 0.4) is 0 Å². The molecule has 1 aromatic carbocycles. The van der Waals surface area contributed by atoms with Crippen molar-refractivity contribution in [2.75, 3.05) is 5.32 Å². The van der Waals surface area contributed by atoms with Gasteiger partial charge in [0.1, 0.15) is 0 Å². The second kappa shape index (κ2) is 5.41. The van der Waals surface area contributed by atoms with E-state index in [1.807, 2.05) is 24.3 Å². The molecule has 0 saturated heterocycles. The molecular weight excluding hydrogens is 294 g/mol. The number of fused-ring (bicyclic) bond motifs is 1. The molecule has 0 saturated carbocycles. The molecule has 0 unspecified atom stereocenters. The molecule has 8 nitrogen and oxygen atoms in total. The van der Waals surface area contributed by atoms with Crippen molar-refractivity contribution in [2.24, 2.45) is 0 Å². The van der Waals surface area contributed by atoms with Gasteiger partial charge in [-0.05, 0) is 23.8 Å². The van der Waals surface area contributed by atoms with E-state index >= 15 is 0 Å². The highest BCUT2D eigenvalue weighted by molar-refractivity contribution is 5.81. The predicted octanol–water partition coefficient (Wildman–Crippen LogP) is 1.65. The Morgan fingerprint density at radius 2 is 1.83 bits per heavy atom. The minimum atomic E-state index is -0.216. The zero-order valence-electron chi connectivity index (χ0n) is 12.0. The number of nitrogens with one attached hydrogen (secondary N) is 4. The lowest BCUT2D eigenvalue weighted by molar-refractivity contribution is 0.962.